The van der Waals surface area contributed by atoms with Crippen molar-refractivity contribution in [1.29, 1.82) is 0 Å². The summed E-state index contributed by atoms with van der Waals surface area (Å²) in [5, 5.41) is 6.48. The molecule has 2 aromatic rings. The molecule has 2 aromatic heterocycles. The predicted octanol–water partition coefficient (Wildman–Crippen LogP) is 2.53. The molecule has 0 unspecified atom stereocenters. The van der Waals surface area contributed by atoms with Crippen LogP contribution >= 0.6 is 11.8 Å². The van der Waals surface area contributed by atoms with E-state index in [9.17, 15) is 13.2 Å². The van der Waals surface area contributed by atoms with Crippen molar-refractivity contribution < 1.29 is 17.7 Å². The van der Waals surface area contributed by atoms with E-state index in [1.54, 1.807) is 39.8 Å². The van der Waals surface area contributed by atoms with Crippen molar-refractivity contribution >= 4 is 33.5 Å². The van der Waals surface area contributed by atoms with Gasteiger partial charge < -0.3 is 9.84 Å². The molecule has 0 saturated carbocycles. The quantitative estimate of drug-likeness (QED) is 0.681. The van der Waals surface area contributed by atoms with E-state index >= 15 is 0 Å². The second-order valence-electron chi connectivity index (χ2n) is 5.49. The number of aromatic nitrogens is 2. The third-order valence-corrected chi connectivity index (χ3v) is 6.68. The van der Waals surface area contributed by atoms with E-state index in [0.29, 0.717) is 29.7 Å². The first-order valence-electron chi connectivity index (χ1n) is 8.15. The van der Waals surface area contributed by atoms with Crippen LogP contribution in [0.1, 0.15) is 26.5 Å². The molecule has 8 nitrogen and oxygen atoms in total. The van der Waals surface area contributed by atoms with Crippen LogP contribution in [0.4, 0.5) is 5.82 Å². The maximum Gasteiger partial charge on any atom is 0.244 e. The van der Waals surface area contributed by atoms with Crippen molar-refractivity contribution in [2.45, 2.75) is 42.9 Å². The monoisotopic (exact) mass is 398 g/mol. The molecule has 2 rings (SSSR count). The van der Waals surface area contributed by atoms with Gasteiger partial charge in [0.2, 0.25) is 15.9 Å². The summed E-state index contributed by atoms with van der Waals surface area (Å²) in [5.74, 6) is 0.714. The minimum absolute atomic E-state index is 0.140. The molecule has 2 heterocycles. The number of aryl methyl sites for hydroxylation is 1. The van der Waals surface area contributed by atoms with Crippen molar-refractivity contribution in [3.05, 3.63) is 30.2 Å². The van der Waals surface area contributed by atoms with E-state index in [1.807, 2.05) is 0 Å². The molecule has 0 spiro atoms. The van der Waals surface area contributed by atoms with Gasteiger partial charge in [0.15, 0.2) is 5.82 Å². The highest BCUT2D eigenvalue weighted by molar-refractivity contribution is 8.00. The first-order chi connectivity index (χ1) is 12.3. The van der Waals surface area contributed by atoms with Gasteiger partial charge >= 0.3 is 0 Å². The lowest BCUT2D eigenvalue weighted by Gasteiger charge is -2.18. The number of nitrogens with zero attached hydrogens (tertiary/aromatic N) is 3. The average molecular weight is 399 g/mol. The summed E-state index contributed by atoms with van der Waals surface area (Å²) in [6.45, 7) is 7.83. The number of carbonyl (C=O) groups is 1. The Balaban J connectivity index is 2.03. The maximum atomic E-state index is 12.4. The third-order valence-electron chi connectivity index (χ3n) is 3.60. The van der Waals surface area contributed by atoms with Gasteiger partial charge in [-0.25, -0.2) is 13.4 Å². The van der Waals surface area contributed by atoms with Crippen LogP contribution < -0.4 is 5.32 Å². The van der Waals surface area contributed by atoms with Crippen LogP contribution in [-0.2, 0) is 14.8 Å². The van der Waals surface area contributed by atoms with E-state index < -0.39 is 15.3 Å². The maximum absolute atomic E-state index is 12.4. The Bertz CT molecular complexity index is 845. The molecule has 0 aliphatic heterocycles. The van der Waals surface area contributed by atoms with Crippen molar-refractivity contribution in [2.75, 3.05) is 18.4 Å². The number of sulfonamides is 1. The smallest absolute Gasteiger partial charge is 0.244 e. The Labute approximate surface area is 157 Å². The standard InChI is InChI=1S/C16H22N4O4S2/c1-5-20(6-2)26(22,23)13-7-8-15(17-10-13)25-12(4)16(21)18-14-9-11(3)24-19-14/h7-10,12H,5-6H2,1-4H3,(H,18,19,21)/t12-/m0/s1. The number of hydrogen-bond donors (Lipinski definition) is 1. The number of hydrogen-bond acceptors (Lipinski definition) is 7. The van der Waals surface area contributed by atoms with E-state index in [-0.39, 0.29) is 10.8 Å². The van der Waals surface area contributed by atoms with Crippen LogP contribution in [-0.4, -0.2) is 47.1 Å². The van der Waals surface area contributed by atoms with Gasteiger partial charge in [0.25, 0.3) is 0 Å². The molecule has 1 atom stereocenters. The summed E-state index contributed by atoms with van der Waals surface area (Å²) >= 11 is 1.23. The van der Waals surface area contributed by atoms with Crippen molar-refractivity contribution in [3.8, 4) is 0 Å². The highest BCUT2D eigenvalue weighted by Crippen LogP contribution is 2.24. The fourth-order valence-electron chi connectivity index (χ4n) is 2.19. The van der Waals surface area contributed by atoms with Gasteiger partial charge in [0.1, 0.15) is 10.7 Å². The molecular weight excluding hydrogens is 376 g/mol. The number of anilines is 1. The molecule has 0 radical (unpaired) electrons. The third kappa shape index (κ3) is 4.83. The first kappa shape index (κ1) is 20.4. The second kappa shape index (κ2) is 8.65. The molecular formula is C16H22N4O4S2. The summed E-state index contributed by atoms with van der Waals surface area (Å²) < 4.78 is 31.2. The zero-order valence-electron chi connectivity index (χ0n) is 15.1. The van der Waals surface area contributed by atoms with Gasteiger partial charge in [-0.3, -0.25) is 4.79 Å². The lowest BCUT2D eigenvalue weighted by molar-refractivity contribution is -0.115. The molecule has 1 N–H and O–H groups in total. The Hall–Kier alpha value is -1.91. The molecule has 10 heteroatoms. The molecule has 1 amide bonds. The zero-order chi connectivity index (χ0) is 19.3. The van der Waals surface area contributed by atoms with Crippen molar-refractivity contribution in [1.82, 2.24) is 14.4 Å². The molecule has 26 heavy (non-hydrogen) atoms. The predicted molar refractivity (Wildman–Crippen MR) is 99.5 cm³/mol. The Morgan fingerprint density at radius 2 is 2.04 bits per heavy atom. The lowest BCUT2D eigenvalue weighted by atomic mass is 10.4. The normalized spacial score (nSPS) is 13.0. The average Bonchev–Trinajstić information content (AvgIpc) is 3.01. The highest BCUT2D eigenvalue weighted by Gasteiger charge is 2.22. The van der Waals surface area contributed by atoms with Gasteiger partial charge in [0, 0.05) is 25.4 Å². The van der Waals surface area contributed by atoms with E-state index in [2.05, 4.69) is 15.5 Å². The van der Waals surface area contributed by atoms with Crippen molar-refractivity contribution in [3.63, 3.8) is 0 Å². The van der Waals surface area contributed by atoms with Gasteiger partial charge in [0.05, 0.1) is 10.3 Å². The van der Waals surface area contributed by atoms with Crippen LogP contribution in [0.5, 0.6) is 0 Å². The van der Waals surface area contributed by atoms with Crippen LogP contribution in [0.3, 0.4) is 0 Å². The van der Waals surface area contributed by atoms with Crippen molar-refractivity contribution in [2.24, 2.45) is 0 Å². The molecule has 0 aliphatic carbocycles. The minimum Gasteiger partial charge on any atom is -0.360 e. The van der Waals surface area contributed by atoms with Crippen LogP contribution in [0, 0.1) is 6.92 Å². The summed E-state index contributed by atoms with van der Waals surface area (Å²) in [7, 11) is -3.54. The molecule has 0 aliphatic rings. The number of carbonyl (C=O) groups excluding carboxylic acids is 1. The van der Waals surface area contributed by atoms with E-state index in [4.69, 9.17) is 4.52 Å². The highest BCUT2D eigenvalue weighted by atomic mass is 32.2. The Morgan fingerprint density at radius 1 is 1.35 bits per heavy atom. The number of rotatable bonds is 8. The van der Waals surface area contributed by atoms with Gasteiger partial charge in [-0.2, -0.15) is 4.31 Å². The van der Waals surface area contributed by atoms with Gasteiger partial charge in [-0.1, -0.05) is 30.8 Å². The van der Waals surface area contributed by atoms with Gasteiger partial charge in [-0.05, 0) is 26.0 Å². The lowest BCUT2D eigenvalue weighted by Crippen LogP contribution is -2.30. The molecule has 0 saturated heterocycles. The summed E-state index contributed by atoms with van der Waals surface area (Å²) in [5.41, 5.74) is 0. The number of amides is 1. The SMILES string of the molecule is CCN(CC)S(=O)(=O)c1ccc(S[C@@H](C)C(=O)Nc2cc(C)on2)nc1. The molecule has 0 aromatic carbocycles. The Morgan fingerprint density at radius 3 is 2.54 bits per heavy atom. The summed E-state index contributed by atoms with van der Waals surface area (Å²) in [6.07, 6.45) is 1.32. The number of nitrogens with one attached hydrogen (secondary N) is 1. The number of pyridine rings is 1. The fourth-order valence-corrected chi connectivity index (χ4v) is 4.38. The number of thioether (sulfide) groups is 1. The van der Waals surface area contributed by atoms with Crippen LogP contribution in [0.25, 0.3) is 0 Å². The second-order valence-corrected chi connectivity index (χ2v) is 8.79. The molecule has 0 bridgehead atoms. The minimum atomic E-state index is -3.54. The fraction of sp³-hybridized carbons (Fsp3) is 0.438. The largest absolute Gasteiger partial charge is 0.360 e. The topological polar surface area (TPSA) is 105 Å². The van der Waals surface area contributed by atoms with Crippen LogP contribution in [0.2, 0.25) is 0 Å². The van der Waals surface area contributed by atoms with Crippen LogP contribution in [0.15, 0.2) is 38.8 Å². The van der Waals surface area contributed by atoms with E-state index in [0.717, 1.165) is 0 Å². The van der Waals surface area contributed by atoms with E-state index in [1.165, 1.54) is 28.3 Å². The summed E-state index contributed by atoms with van der Waals surface area (Å²) in [4.78, 5) is 16.5. The first-order valence-corrected chi connectivity index (χ1v) is 10.5. The molecule has 142 valence electrons. The van der Waals surface area contributed by atoms with Gasteiger partial charge in [-0.15, -0.1) is 0 Å². The molecule has 0 fully saturated rings. The summed E-state index contributed by atoms with van der Waals surface area (Å²) in [6, 6.07) is 4.74. The zero-order valence-corrected chi connectivity index (χ0v) is 16.7. The Kier molecular flexibility index (Phi) is 6.79.